The molecular weight excluding hydrogens is 251 g/mol. The summed E-state index contributed by atoms with van der Waals surface area (Å²) in [6.45, 7) is 2.76. The average molecular weight is 266 g/mol. The molecule has 2 rings (SSSR count). The van der Waals surface area contributed by atoms with Gasteiger partial charge in [-0.25, -0.2) is 0 Å². The summed E-state index contributed by atoms with van der Waals surface area (Å²) in [6, 6.07) is 3.24. The van der Waals surface area contributed by atoms with E-state index >= 15 is 0 Å². The van der Waals surface area contributed by atoms with Crippen LogP contribution >= 0.6 is 0 Å². The Bertz CT molecular complexity index is 533. The molecule has 2 unspecified atom stereocenters. The van der Waals surface area contributed by atoms with Gasteiger partial charge in [0.25, 0.3) is 5.91 Å². The van der Waals surface area contributed by atoms with Crippen LogP contribution in [0.2, 0.25) is 0 Å². The van der Waals surface area contributed by atoms with Crippen LogP contribution in [0, 0.1) is 27.8 Å². The maximum absolute atomic E-state index is 13.4. The van der Waals surface area contributed by atoms with Crippen molar-refractivity contribution in [1.82, 2.24) is 4.90 Å². The number of carbonyl (C=O) groups is 1. The lowest BCUT2D eigenvalue weighted by molar-refractivity contribution is -0.387. The lowest BCUT2D eigenvalue weighted by atomic mass is 10.1. The maximum atomic E-state index is 13.4. The fourth-order valence-electron chi connectivity index (χ4n) is 2.10. The second-order valence-corrected chi connectivity index (χ2v) is 5.08. The topological polar surface area (TPSA) is 63.5 Å². The number of benzene rings is 1. The zero-order valence-corrected chi connectivity index (χ0v) is 10.8. The van der Waals surface area contributed by atoms with Gasteiger partial charge in [0.15, 0.2) is 0 Å². The van der Waals surface area contributed by atoms with Crippen LogP contribution in [0.4, 0.5) is 10.1 Å². The summed E-state index contributed by atoms with van der Waals surface area (Å²) in [7, 11) is 1.66. The van der Waals surface area contributed by atoms with Gasteiger partial charge < -0.3 is 4.90 Å². The standard InChI is InChI=1S/C13H15FN2O3/c1-8-5-10(8)7-15(2)13(17)9-3-4-12(16(18)19)11(14)6-9/h3-4,6,8,10H,5,7H2,1-2H3. The molecule has 1 saturated carbocycles. The Morgan fingerprint density at radius 1 is 1.58 bits per heavy atom. The zero-order chi connectivity index (χ0) is 14.2. The molecule has 0 bridgehead atoms. The molecule has 5 nitrogen and oxygen atoms in total. The molecule has 2 atom stereocenters. The number of nitro groups is 1. The van der Waals surface area contributed by atoms with E-state index in [0.717, 1.165) is 18.6 Å². The minimum Gasteiger partial charge on any atom is -0.341 e. The molecule has 0 aromatic heterocycles. The highest BCUT2D eigenvalue weighted by Gasteiger charge is 2.34. The Hall–Kier alpha value is -1.98. The summed E-state index contributed by atoms with van der Waals surface area (Å²) in [5.74, 6) is -0.155. The fraction of sp³-hybridized carbons (Fsp3) is 0.462. The molecule has 0 aliphatic heterocycles. The molecular formula is C13H15FN2O3. The van der Waals surface area contributed by atoms with Crippen molar-refractivity contribution in [3.05, 3.63) is 39.7 Å². The molecule has 0 saturated heterocycles. The second kappa shape index (κ2) is 4.95. The molecule has 0 N–H and O–H groups in total. The van der Waals surface area contributed by atoms with E-state index in [-0.39, 0.29) is 11.5 Å². The van der Waals surface area contributed by atoms with Crippen LogP contribution in [0.3, 0.4) is 0 Å². The van der Waals surface area contributed by atoms with Crippen LogP contribution in [0.5, 0.6) is 0 Å². The highest BCUT2D eigenvalue weighted by molar-refractivity contribution is 5.94. The molecule has 102 valence electrons. The summed E-state index contributed by atoms with van der Waals surface area (Å²) >= 11 is 0. The number of hydrogen-bond acceptors (Lipinski definition) is 3. The van der Waals surface area contributed by atoms with Gasteiger partial charge in [-0.1, -0.05) is 6.92 Å². The van der Waals surface area contributed by atoms with E-state index in [1.807, 2.05) is 0 Å². The Balaban J connectivity index is 2.10. The van der Waals surface area contributed by atoms with Crippen LogP contribution in [-0.4, -0.2) is 29.3 Å². The molecule has 6 heteroatoms. The molecule has 1 aliphatic rings. The summed E-state index contributed by atoms with van der Waals surface area (Å²) in [4.78, 5) is 23.3. The summed E-state index contributed by atoms with van der Waals surface area (Å²) in [5.41, 5.74) is -0.478. The monoisotopic (exact) mass is 266 g/mol. The van der Waals surface area contributed by atoms with Crippen molar-refractivity contribution < 1.29 is 14.1 Å². The number of nitro benzene ring substituents is 1. The molecule has 1 aromatic rings. The van der Waals surface area contributed by atoms with Crippen molar-refractivity contribution in [1.29, 1.82) is 0 Å². The smallest absolute Gasteiger partial charge is 0.304 e. The molecule has 1 fully saturated rings. The van der Waals surface area contributed by atoms with Crippen LogP contribution in [0.15, 0.2) is 18.2 Å². The van der Waals surface area contributed by atoms with E-state index < -0.39 is 16.4 Å². The Morgan fingerprint density at radius 2 is 2.21 bits per heavy atom. The van der Waals surface area contributed by atoms with Crippen molar-refractivity contribution in [3.63, 3.8) is 0 Å². The number of nitrogens with zero attached hydrogens (tertiary/aromatic N) is 2. The lowest BCUT2D eigenvalue weighted by Crippen LogP contribution is -2.29. The van der Waals surface area contributed by atoms with Gasteiger partial charge in [-0.05, 0) is 30.4 Å². The summed E-state index contributed by atoms with van der Waals surface area (Å²) in [6.07, 6.45) is 1.10. The predicted molar refractivity (Wildman–Crippen MR) is 67.3 cm³/mol. The minimum atomic E-state index is -0.982. The van der Waals surface area contributed by atoms with E-state index in [1.165, 1.54) is 11.0 Å². The predicted octanol–water partition coefficient (Wildman–Crippen LogP) is 2.46. The van der Waals surface area contributed by atoms with Crippen molar-refractivity contribution in [2.45, 2.75) is 13.3 Å². The zero-order valence-electron chi connectivity index (χ0n) is 10.8. The third-order valence-electron chi connectivity index (χ3n) is 3.52. The van der Waals surface area contributed by atoms with Gasteiger partial charge in [-0.3, -0.25) is 14.9 Å². The van der Waals surface area contributed by atoms with Gasteiger partial charge in [-0.15, -0.1) is 0 Å². The molecule has 1 amide bonds. The number of carbonyl (C=O) groups excluding carboxylic acids is 1. The number of hydrogen-bond donors (Lipinski definition) is 0. The number of halogens is 1. The highest BCUT2D eigenvalue weighted by Crippen LogP contribution is 2.38. The molecule has 0 heterocycles. The first-order valence-electron chi connectivity index (χ1n) is 6.09. The SMILES string of the molecule is CC1CC1CN(C)C(=O)c1ccc([N+](=O)[O-])c(F)c1. The quantitative estimate of drug-likeness (QED) is 0.621. The fourth-order valence-corrected chi connectivity index (χ4v) is 2.10. The van der Waals surface area contributed by atoms with Gasteiger partial charge in [0.1, 0.15) is 0 Å². The maximum Gasteiger partial charge on any atom is 0.304 e. The third kappa shape index (κ3) is 2.89. The molecule has 19 heavy (non-hydrogen) atoms. The van der Waals surface area contributed by atoms with Crippen molar-refractivity contribution in [2.24, 2.45) is 11.8 Å². The highest BCUT2D eigenvalue weighted by atomic mass is 19.1. The first-order chi connectivity index (χ1) is 8.90. The third-order valence-corrected chi connectivity index (χ3v) is 3.52. The van der Waals surface area contributed by atoms with Gasteiger partial charge in [0.05, 0.1) is 4.92 Å². The normalized spacial score (nSPS) is 21.0. The van der Waals surface area contributed by atoms with E-state index in [2.05, 4.69) is 6.92 Å². The van der Waals surface area contributed by atoms with Gasteiger partial charge in [-0.2, -0.15) is 4.39 Å². The van der Waals surface area contributed by atoms with Crippen LogP contribution < -0.4 is 0 Å². The van der Waals surface area contributed by atoms with Crippen molar-refractivity contribution in [2.75, 3.05) is 13.6 Å². The van der Waals surface area contributed by atoms with Crippen LogP contribution in [-0.2, 0) is 0 Å². The Kier molecular flexibility index (Phi) is 3.50. The molecule has 1 aliphatic carbocycles. The molecule has 1 aromatic carbocycles. The first-order valence-corrected chi connectivity index (χ1v) is 6.09. The van der Waals surface area contributed by atoms with Crippen molar-refractivity contribution in [3.8, 4) is 0 Å². The van der Waals surface area contributed by atoms with E-state index in [0.29, 0.717) is 18.4 Å². The average Bonchev–Trinajstić information content (AvgIpc) is 3.03. The van der Waals surface area contributed by atoms with E-state index in [4.69, 9.17) is 0 Å². The lowest BCUT2D eigenvalue weighted by Gasteiger charge is -2.17. The Morgan fingerprint density at radius 3 is 2.68 bits per heavy atom. The van der Waals surface area contributed by atoms with Gasteiger partial charge in [0.2, 0.25) is 5.82 Å². The minimum absolute atomic E-state index is 0.138. The number of amides is 1. The second-order valence-electron chi connectivity index (χ2n) is 5.08. The van der Waals surface area contributed by atoms with Gasteiger partial charge >= 0.3 is 5.69 Å². The Labute approximate surface area is 110 Å². The summed E-state index contributed by atoms with van der Waals surface area (Å²) in [5, 5.41) is 10.5. The molecule has 0 spiro atoms. The number of rotatable bonds is 4. The van der Waals surface area contributed by atoms with Gasteiger partial charge in [0, 0.05) is 25.2 Å². The molecule has 0 radical (unpaired) electrons. The largest absolute Gasteiger partial charge is 0.341 e. The van der Waals surface area contributed by atoms with E-state index in [1.54, 1.807) is 7.05 Å². The van der Waals surface area contributed by atoms with E-state index in [9.17, 15) is 19.3 Å². The van der Waals surface area contributed by atoms with Crippen LogP contribution in [0.25, 0.3) is 0 Å². The van der Waals surface area contributed by atoms with Crippen molar-refractivity contribution >= 4 is 11.6 Å². The first kappa shape index (κ1) is 13.5. The van der Waals surface area contributed by atoms with Crippen LogP contribution in [0.1, 0.15) is 23.7 Å². The summed E-state index contributed by atoms with van der Waals surface area (Å²) < 4.78 is 13.4.